The Bertz CT molecular complexity index is 984. The van der Waals surface area contributed by atoms with E-state index in [0.717, 1.165) is 6.07 Å². The lowest BCUT2D eigenvalue weighted by Crippen LogP contribution is -2.12. The first-order valence-electron chi connectivity index (χ1n) is 7.65. The fourth-order valence-corrected chi connectivity index (χ4v) is 2.48. The van der Waals surface area contributed by atoms with Crippen molar-refractivity contribution in [2.24, 2.45) is 0 Å². The summed E-state index contributed by atoms with van der Waals surface area (Å²) in [7, 11) is 0. The molecule has 0 bridgehead atoms. The monoisotopic (exact) mass is 361 g/mol. The number of benzene rings is 1. The summed E-state index contributed by atoms with van der Waals surface area (Å²) in [5.41, 5.74) is 0.652. The molecule has 1 N–H and O–H groups in total. The molecule has 2 heterocycles. The lowest BCUT2D eigenvalue weighted by Gasteiger charge is -2.13. The molecule has 134 valence electrons. The number of nitrogens with zero attached hydrogens (tertiary/aromatic N) is 2. The van der Waals surface area contributed by atoms with Crippen molar-refractivity contribution in [1.82, 2.24) is 15.2 Å². The minimum absolute atomic E-state index is 0.0150. The summed E-state index contributed by atoms with van der Waals surface area (Å²) in [4.78, 5) is 15.7. The molecule has 0 aliphatic carbocycles. The normalized spacial score (nSPS) is 11.4. The lowest BCUT2D eigenvalue weighted by molar-refractivity contribution is -0.138. The maximum Gasteiger partial charge on any atom is 0.416 e. The van der Waals surface area contributed by atoms with Crippen molar-refractivity contribution in [1.29, 1.82) is 0 Å². The van der Waals surface area contributed by atoms with Crippen molar-refractivity contribution in [3.63, 3.8) is 0 Å². The van der Waals surface area contributed by atoms with Crippen molar-refractivity contribution >= 4 is 0 Å². The summed E-state index contributed by atoms with van der Waals surface area (Å²) in [6.45, 7) is 1.37. The Morgan fingerprint density at radius 2 is 1.96 bits per heavy atom. The fourth-order valence-electron chi connectivity index (χ4n) is 2.48. The first-order valence-corrected chi connectivity index (χ1v) is 7.65. The molecule has 1 aromatic carbocycles. The maximum absolute atomic E-state index is 13.0. The minimum atomic E-state index is -4.46. The molecule has 0 fully saturated rings. The number of H-pyrrole nitrogens is 1. The number of ether oxygens (including phenoxy) is 1. The highest BCUT2D eigenvalue weighted by Gasteiger charge is 2.33. The summed E-state index contributed by atoms with van der Waals surface area (Å²) >= 11 is 0. The zero-order valence-electron chi connectivity index (χ0n) is 13.7. The Labute approximate surface area is 146 Å². The number of aromatic amines is 1. The van der Waals surface area contributed by atoms with Gasteiger partial charge in [0.2, 0.25) is 5.88 Å². The molecule has 8 heteroatoms. The van der Waals surface area contributed by atoms with Gasteiger partial charge in [-0.2, -0.15) is 18.3 Å². The van der Waals surface area contributed by atoms with Crippen molar-refractivity contribution in [3.05, 3.63) is 75.8 Å². The predicted octanol–water partition coefficient (Wildman–Crippen LogP) is 3.74. The second-order valence-corrected chi connectivity index (χ2v) is 5.56. The Balaban J connectivity index is 1.85. The minimum Gasteiger partial charge on any atom is -0.473 e. The fraction of sp³-hybridized carbons (Fsp3) is 0.167. The molecule has 0 saturated heterocycles. The lowest BCUT2D eigenvalue weighted by atomic mass is 10.1. The smallest absolute Gasteiger partial charge is 0.416 e. The van der Waals surface area contributed by atoms with Crippen molar-refractivity contribution in [2.45, 2.75) is 19.7 Å². The van der Waals surface area contributed by atoms with Crippen LogP contribution in [0, 0.1) is 6.92 Å². The van der Waals surface area contributed by atoms with Crippen LogP contribution in [0.1, 0.15) is 16.7 Å². The topological polar surface area (TPSA) is 67.9 Å². The molecule has 0 amide bonds. The first kappa shape index (κ1) is 17.7. The van der Waals surface area contributed by atoms with Gasteiger partial charge in [0.05, 0.1) is 11.8 Å². The molecule has 0 aliphatic rings. The van der Waals surface area contributed by atoms with Gasteiger partial charge in [-0.05, 0) is 24.6 Å². The van der Waals surface area contributed by atoms with Crippen LogP contribution < -0.4 is 10.3 Å². The number of nitrogens with one attached hydrogen (secondary N) is 1. The Hall–Kier alpha value is -3.16. The zero-order chi connectivity index (χ0) is 18.7. The van der Waals surface area contributed by atoms with E-state index in [9.17, 15) is 18.0 Å². The Kier molecular flexibility index (Phi) is 4.75. The molecule has 2 aromatic heterocycles. The standard InChI is InChI=1S/C18H14F3N3O2/c1-11-14(9-23-24-17(11)25)12-6-7-22-16(8-12)26-10-13-4-2-3-5-15(13)18(19,20)21/h2-9H,10H2,1H3,(H,24,25). The van der Waals surface area contributed by atoms with E-state index in [2.05, 4.69) is 15.2 Å². The van der Waals surface area contributed by atoms with Crippen LogP contribution in [0.4, 0.5) is 13.2 Å². The molecular formula is C18H14F3N3O2. The average Bonchev–Trinajstić information content (AvgIpc) is 2.62. The highest BCUT2D eigenvalue weighted by Crippen LogP contribution is 2.32. The van der Waals surface area contributed by atoms with Crippen LogP contribution in [0.5, 0.6) is 5.88 Å². The van der Waals surface area contributed by atoms with E-state index in [0.29, 0.717) is 16.7 Å². The van der Waals surface area contributed by atoms with Gasteiger partial charge in [0, 0.05) is 29.0 Å². The molecule has 3 aromatic rings. The predicted molar refractivity (Wildman–Crippen MR) is 88.6 cm³/mol. The number of aromatic nitrogens is 3. The van der Waals surface area contributed by atoms with Gasteiger partial charge in [-0.15, -0.1) is 0 Å². The van der Waals surface area contributed by atoms with E-state index in [4.69, 9.17) is 4.74 Å². The highest BCUT2D eigenvalue weighted by molar-refractivity contribution is 5.66. The Morgan fingerprint density at radius 3 is 2.73 bits per heavy atom. The van der Waals surface area contributed by atoms with E-state index in [-0.39, 0.29) is 23.6 Å². The van der Waals surface area contributed by atoms with Crippen LogP contribution in [-0.2, 0) is 12.8 Å². The van der Waals surface area contributed by atoms with Crippen LogP contribution in [0.2, 0.25) is 0 Å². The van der Waals surface area contributed by atoms with Crippen molar-refractivity contribution < 1.29 is 17.9 Å². The molecule has 0 spiro atoms. The third-order valence-electron chi connectivity index (χ3n) is 3.85. The summed E-state index contributed by atoms with van der Waals surface area (Å²) in [5.74, 6) is 0.152. The molecule has 0 radical (unpaired) electrons. The summed E-state index contributed by atoms with van der Waals surface area (Å²) < 4.78 is 44.5. The molecule has 0 unspecified atom stereocenters. The molecule has 0 aliphatic heterocycles. The van der Waals surface area contributed by atoms with Gasteiger partial charge in [-0.25, -0.2) is 10.1 Å². The average molecular weight is 361 g/mol. The molecule has 26 heavy (non-hydrogen) atoms. The zero-order valence-corrected chi connectivity index (χ0v) is 13.7. The molecule has 0 saturated carbocycles. The number of halogens is 3. The second kappa shape index (κ2) is 6.99. The van der Waals surface area contributed by atoms with Crippen LogP contribution in [0.3, 0.4) is 0 Å². The Morgan fingerprint density at radius 1 is 1.19 bits per heavy atom. The van der Waals surface area contributed by atoms with Gasteiger partial charge in [0.15, 0.2) is 0 Å². The summed E-state index contributed by atoms with van der Waals surface area (Å²) in [6.07, 6.45) is -1.50. The largest absolute Gasteiger partial charge is 0.473 e. The van der Waals surface area contributed by atoms with Gasteiger partial charge >= 0.3 is 6.18 Å². The first-order chi connectivity index (χ1) is 12.4. The second-order valence-electron chi connectivity index (χ2n) is 5.56. The van der Waals surface area contributed by atoms with Gasteiger partial charge in [-0.1, -0.05) is 18.2 Å². The maximum atomic E-state index is 13.0. The number of alkyl halides is 3. The number of hydrogen-bond acceptors (Lipinski definition) is 4. The van der Waals surface area contributed by atoms with Gasteiger partial charge in [-0.3, -0.25) is 4.79 Å². The van der Waals surface area contributed by atoms with Crippen molar-refractivity contribution in [2.75, 3.05) is 0 Å². The van der Waals surface area contributed by atoms with Gasteiger partial charge < -0.3 is 4.74 Å². The summed E-state index contributed by atoms with van der Waals surface area (Å²) in [5, 5.41) is 6.09. The highest BCUT2D eigenvalue weighted by atomic mass is 19.4. The van der Waals surface area contributed by atoms with Gasteiger partial charge in [0.25, 0.3) is 5.56 Å². The number of hydrogen-bond donors (Lipinski definition) is 1. The van der Waals surface area contributed by atoms with Crippen LogP contribution in [-0.4, -0.2) is 15.2 Å². The SMILES string of the molecule is Cc1c(-c2ccnc(OCc3ccccc3C(F)(F)F)c2)cn[nH]c1=O. The molecule has 5 nitrogen and oxygen atoms in total. The molecule has 0 atom stereocenters. The summed E-state index contributed by atoms with van der Waals surface area (Å²) in [6, 6.07) is 8.43. The van der Waals surface area contributed by atoms with E-state index >= 15 is 0 Å². The van der Waals surface area contributed by atoms with Crippen LogP contribution in [0.25, 0.3) is 11.1 Å². The number of pyridine rings is 1. The van der Waals surface area contributed by atoms with Gasteiger partial charge in [0.1, 0.15) is 6.61 Å². The quantitative estimate of drug-likeness (QED) is 0.769. The number of rotatable bonds is 4. The van der Waals surface area contributed by atoms with E-state index < -0.39 is 11.7 Å². The van der Waals surface area contributed by atoms with E-state index in [1.165, 1.54) is 30.6 Å². The molecule has 3 rings (SSSR count). The van der Waals surface area contributed by atoms with Crippen molar-refractivity contribution in [3.8, 4) is 17.0 Å². The van der Waals surface area contributed by atoms with Crippen LogP contribution >= 0.6 is 0 Å². The third kappa shape index (κ3) is 3.74. The van der Waals surface area contributed by atoms with E-state index in [1.54, 1.807) is 19.1 Å². The van der Waals surface area contributed by atoms with Crippen LogP contribution in [0.15, 0.2) is 53.6 Å². The van der Waals surface area contributed by atoms with E-state index in [1.807, 2.05) is 0 Å². The molecular weight excluding hydrogens is 347 g/mol. The third-order valence-corrected chi connectivity index (χ3v) is 3.85.